The normalized spacial score (nSPS) is 37.1. The molecule has 0 aromatic carbocycles. The fourth-order valence-corrected chi connectivity index (χ4v) is 3.29. The second kappa shape index (κ2) is 5.39. The largest absolute Gasteiger partial charge is 0.352 e. The first-order valence-corrected chi connectivity index (χ1v) is 7.50. The SMILES string of the molecule is FC(F)(Br)C1(Br)CCC(C2OCCCO2)CC1. The Hall–Kier alpha value is 0.740. The minimum atomic E-state index is -2.86. The van der Waals surface area contributed by atoms with Crippen LogP contribution >= 0.6 is 31.9 Å². The van der Waals surface area contributed by atoms with Crippen molar-refractivity contribution in [3.63, 3.8) is 0 Å². The quantitative estimate of drug-likeness (QED) is 0.675. The average Bonchev–Trinajstić information content (AvgIpc) is 2.30. The van der Waals surface area contributed by atoms with Gasteiger partial charge in [0.15, 0.2) is 6.29 Å². The highest BCUT2D eigenvalue weighted by molar-refractivity contribution is 9.12. The first kappa shape index (κ1) is 14.2. The van der Waals surface area contributed by atoms with Gasteiger partial charge in [-0.2, -0.15) is 8.78 Å². The first-order chi connectivity index (χ1) is 7.92. The molecule has 1 aliphatic heterocycles. The van der Waals surface area contributed by atoms with Gasteiger partial charge in [-0.05, 0) is 48.0 Å². The van der Waals surface area contributed by atoms with E-state index in [1.165, 1.54) is 0 Å². The van der Waals surface area contributed by atoms with Crippen LogP contribution in [-0.4, -0.2) is 28.7 Å². The molecule has 2 nitrogen and oxygen atoms in total. The molecule has 1 heterocycles. The summed E-state index contributed by atoms with van der Waals surface area (Å²) in [6, 6.07) is 0. The van der Waals surface area contributed by atoms with Crippen LogP contribution < -0.4 is 0 Å². The molecule has 0 amide bonds. The van der Waals surface area contributed by atoms with Gasteiger partial charge in [0, 0.05) is 5.92 Å². The maximum Gasteiger partial charge on any atom is 0.316 e. The van der Waals surface area contributed by atoms with E-state index in [4.69, 9.17) is 9.47 Å². The number of alkyl halides is 4. The number of hydrogen-bond donors (Lipinski definition) is 0. The van der Waals surface area contributed by atoms with Crippen molar-refractivity contribution in [2.75, 3.05) is 13.2 Å². The van der Waals surface area contributed by atoms with Crippen molar-refractivity contribution in [1.29, 1.82) is 0 Å². The third-order valence-electron chi connectivity index (χ3n) is 3.57. The molecule has 0 atom stereocenters. The molecule has 6 heteroatoms. The Kier molecular flexibility index (Phi) is 4.49. The van der Waals surface area contributed by atoms with E-state index < -0.39 is 9.16 Å². The van der Waals surface area contributed by atoms with Crippen molar-refractivity contribution in [1.82, 2.24) is 0 Å². The molecular weight excluding hydrogens is 362 g/mol. The summed E-state index contributed by atoms with van der Waals surface area (Å²) in [5.41, 5.74) is 0. The van der Waals surface area contributed by atoms with Crippen LogP contribution in [0.3, 0.4) is 0 Å². The van der Waals surface area contributed by atoms with Crippen LogP contribution in [0.15, 0.2) is 0 Å². The molecule has 0 N–H and O–H groups in total. The van der Waals surface area contributed by atoms with Gasteiger partial charge in [-0.25, -0.2) is 0 Å². The minimum Gasteiger partial charge on any atom is -0.352 e. The van der Waals surface area contributed by atoms with E-state index in [1.54, 1.807) is 0 Å². The molecule has 1 saturated heterocycles. The molecule has 2 rings (SSSR count). The number of rotatable bonds is 2. The molecule has 0 spiro atoms. The number of hydrogen-bond acceptors (Lipinski definition) is 2. The van der Waals surface area contributed by atoms with Crippen molar-refractivity contribution in [2.24, 2.45) is 5.92 Å². The maximum absolute atomic E-state index is 13.4. The molecule has 1 aliphatic carbocycles. The van der Waals surface area contributed by atoms with E-state index in [0.29, 0.717) is 25.7 Å². The minimum absolute atomic E-state index is 0.190. The summed E-state index contributed by atoms with van der Waals surface area (Å²) in [6.45, 7) is 1.43. The Balaban J connectivity index is 1.89. The second-order valence-corrected chi connectivity index (χ2v) is 7.28. The van der Waals surface area contributed by atoms with Gasteiger partial charge in [-0.1, -0.05) is 15.9 Å². The standard InChI is InChI=1S/C11H16Br2F2O2/c12-10(11(13,14)15)4-2-8(3-5-10)9-16-6-1-7-17-9/h8-9H,1-7H2. The summed E-state index contributed by atoms with van der Waals surface area (Å²) >= 11 is 5.66. The number of halogens is 4. The summed E-state index contributed by atoms with van der Waals surface area (Å²) in [7, 11) is 0. The fraction of sp³-hybridized carbons (Fsp3) is 1.00. The van der Waals surface area contributed by atoms with Crippen LogP contribution in [0.4, 0.5) is 8.78 Å². The predicted octanol–water partition coefficient (Wildman–Crippen LogP) is 4.06. The van der Waals surface area contributed by atoms with Crippen molar-refractivity contribution in [3.8, 4) is 0 Å². The smallest absolute Gasteiger partial charge is 0.316 e. The van der Waals surface area contributed by atoms with Crippen LogP contribution in [-0.2, 0) is 9.47 Å². The fourth-order valence-electron chi connectivity index (χ4n) is 2.43. The number of ether oxygens (including phenoxy) is 2. The van der Waals surface area contributed by atoms with Gasteiger partial charge >= 0.3 is 4.83 Å². The molecule has 0 aromatic heterocycles. The molecule has 0 aromatic rings. The molecule has 0 radical (unpaired) electrons. The Morgan fingerprint density at radius 1 is 1.12 bits per heavy atom. The van der Waals surface area contributed by atoms with E-state index in [1.807, 2.05) is 0 Å². The molecule has 0 bridgehead atoms. The zero-order chi connectivity index (χ0) is 12.5. The Labute approximate surface area is 117 Å². The van der Waals surface area contributed by atoms with Gasteiger partial charge in [0.2, 0.25) is 0 Å². The molecule has 1 saturated carbocycles. The van der Waals surface area contributed by atoms with Gasteiger partial charge in [0.25, 0.3) is 0 Å². The average molecular weight is 378 g/mol. The predicted molar refractivity (Wildman–Crippen MR) is 67.8 cm³/mol. The van der Waals surface area contributed by atoms with E-state index in [2.05, 4.69) is 31.9 Å². The van der Waals surface area contributed by atoms with Crippen LogP contribution in [0, 0.1) is 5.92 Å². The maximum atomic E-state index is 13.4. The molecule has 17 heavy (non-hydrogen) atoms. The van der Waals surface area contributed by atoms with Gasteiger partial charge in [0.1, 0.15) is 0 Å². The van der Waals surface area contributed by atoms with Gasteiger partial charge in [-0.3, -0.25) is 0 Å². The lowest BCUT2D eigenvalue weighted by atomic mass is 9.81. The lowest BCUT2D eigenvalue weighted by Gasteiger charge is -2.41. The van der Waals surface area contributed by atoms with Crippen LogP contribution in [0.1, 0.15) is 32.1 Å². The van der Waals surface area contributed by atoms with Gasteiger partial charge in [0.05, 0.1) is 17.5 Å². The highest BCUT2D eigenvalue weighted by Gasteiger charge is 2.52. The molecule has 0 unspecified atom stereocenters. The summed E-state index contributed by atoms with van der Waals surface area (Å²) < 4.78 is 36.7. The summed E-state index contributed by atoms with van der Waals surface area (Å²) in [5, 5.41) is 0. The van der Waals surface area contributed by atoms with Gasteiger partial charge in [-0.15, -0.1) is 0 Å². The van der Waals surface area contributed by atoms with Crippen LogP contribution in [0.5, 0.6) is 0 Å². The van der Waals surface area contributed by atoms with Crippen LogP contribution in [0.2, 0.25) is 0 Å². The highest BCUT2D eigenvalue weighted by atomic mass is 79.9. The molecular formula is C11H16Br2F2O2. The molecule has 100 valence electrons. The van der Waals surface area contributed by atoms with Crippen molar-refractivity contribution in [2.45, 2.75) is 47.6 Å². The third-order valence-corrected chi connectivity index (χ3v) is 6.15. The zero-order valence-electron chi connectivity index (χ0n) is 9.43. The van der Waals surface area contributed by atoms with Crippen molar-refractivity contribution in [3.05, 3.63) is 0 Å². The Morgan fingerprint density at radius 2 is 1.65 bits per heavy atom. The first-order valence-electron chi connectivity index (χ1n) is 5.91. The van der Waals surface area contributed by atoms with Crippen LogP contribution in [0.25, 0.3) is 0 Å². The lowest BCUT2D eigenvalue weighted by Crippen LogP contribution is -2.44. The Morgan fingerprint density at radius 3 is 2.12 bits per heavy atom. The zero-order valence-corrected chi connectivity index (χ0v) is 12.6. The van der Waals surface area contributed by atoms with Gasteiger partial charge < -0.3 is 9.47 Å². The van der Waals surface area contributed by atoms with E-state index in [9.17, 15) is 8.78 Å². The van der Waals surface area contributed by atoms with Crippen molar-refractivity contribution >= 4 is 31.9 Å². The summed E-state index contributed by atoms with van der Waals surface area (Å²) in [4.78, 5) is -2.86. The monoisotopic (exact) mass is 376 g/mol. The second-order valence-electron chi connectivity index (χ2n) is 4.76. The van der Waals surface area contributed by atoms with E-state index in [-0.39, 0.29) is 12.2 Å². The topological polar surface area (TPSA) is 18.5 Å². The van der Waals surface area contributed by atoms with E-state index in [0.717, 1.165) is 19.6 Å². The summed E-state index contributed by atoms with van der Waals surface area (Å²) in [6.07, 6.45) is 3.00. The van der Waals surface area contributed by atoms with Crippen molar-refractivity contribution < 1.29 is 18.3 Å². The van der Waals surface area contributed by atoms with E-state index >= 15 is 0 Å². The molecule has 2 fully saturated rings. The lowest BCUT2D eigenvalue weighted by molar-refractivity contribution is -0.211. The Bertz CT molecular complexity index is 257. The summed E-state index contributed by atoms with van der Waals surface area (Å²) in [5.74, 6) is 0.246. The third kappa shape index (κ3) is 3.19. The molecule has 2 aliphatic rings. The highest BCUT2D eigenvalue weighted by Crippen LogP contribution is 2.52.